The van der Waals surface area contributed by atoms with Crippen LogP contribution in [0.5, 0.6) is 11.5 Å². The van der Waals surface area contributed by atoms with Crippen molar-refractivity contribution in [3.05, 3.63) is 72.3 Å². The van der Waals surface area contributed by atoms with Crippen LogP contribution in [0.3, 0.4) is 0 Å². The number of piperidine rings is 1. The molecule has 2 heterocycles. The zero-order chi connectivity index (χ0) is 33.9. The predicted octanol–water partition coefficient (Wildman–Crippen LogP) is 3.49. The minimum atomic E-state index is -3.84. The number of sulfonamides is 1. The molecule has 4 N–H and O–H groups in total. The number of nitrogens with one attached hydrogen (secondary N) is 1. The summed E-state index contributed by atoms with van der Waals surface area (Å²) in [5.41, 5.74) is 7.98. The molecule has 0 amide bonds. The van der Waals surface area contributed by atoms with Gasteiger partial charge >= 0.3 is 0 Å². The van der Waals surface area contributed by atoms with Crippen molar-refractivity contribution in [3.8, 4) is 22.6 Å². The minimum absolute atomic E-state index is 0.00159. The van der Waals surface area contributed by atoms with Crippen molar-refractivity contribution in [2.45, 2.75) is 78.4 Å². The molecule has 1 aliphatic carbocycles. The van der Waals surface area contributed by atoms with Gasteiger partial charge in [0.05, 0.1) is 29.0 Å². The predicted molar refractivity (Wildman–Crippen MR) is 182 cm³/mol. The molecule has 2 saturated heterocycles. The van der Waals surface area contributed by atoms with Gasteiger partial charge in [0.15, 0.2) is 9.84 Å². The van der Waals surface area contributed by atoms with Gasteiger partial charge in [-0.3, -0.25) is 0 Å². The summed E-state index contributed by atoms with van der Waals surface area (Å²) < 4.78 is 72.3. The van der Waals surface area contributed by atoms with Gasteiger partial charge in [-0.2, -0.15) is 4.31 Å². The lowest BCUT2D eigenvalue weighted by molar-refractivity contribution is -0.0312. The molecule has 48 heavy (non-hydrogen) atoms. The van der Waals surface area contributed by atoms with E-state index < -0.39 is 31.6 Å². The molecule has 2 unspecified atom stereocenters. The van der Waals surface area contributed by atoms with Gasteiger partial charge in [0.1, 0.15) is 29.1 Å². The van der Waals surface area contributed by atoms with Gasteiger partial charge in [0.2, 0.25) is 10.0 Å². The summed E-state index contributed by atoms with van der Waals surface area (Å²) in [7, 11) is -7.16. The highest BCUT2D eigenvalue weighted by Crippen LogP contribution is 2.39. The van der Waals surface area contributed by atoms with E-state index in [1.807, 2.05) is 37.3 Å². The fourth-order valence-corrected chi connectivity index (χ4v) is 9.75. The van der Waals surface area contributed by atoms with E-state index in [1.165, 1.54) is 10.4 Å². The van der Waals surface area contributed by atoms with Gasteiger partial charge in [0.25, 0.3) is 0 Å². The topological polar surface area (TPSA) is 157 Å². The van der Waals surface area contributed by atoms with Crippen LogP contribution in [0.25, 0.3) is 11.1 Å². The maximum atomic E-state index is 14.0. The van der Waals surface area contributed by atoms with Crippen LogP contribution in [0.4, 0.5) is 0 Å². The van der Waals surface area contributed by atoms with E-state index in [1.54, 1.807) is 30.3 Å². The SMILES string of the molecule is CCOc1ccc(-c2ccc(CN)cc2)cc1S(=O)(=O)N1CCC2(CC1)CC(NCC(O)COc1cccc(S(=O)(=O)C3CC3)c1)CO2. The molecule has 260 valence electrons. The second kappa shape index (κ2) is 14.4. The zero-order valence-corrected chi connectivity index (χ0v) is 28.8. The van der Waals surface area contributed by atoms with E-state index in [9.17, 15) is 21.9 Å². The number of aliphatic hydroxyl groups excluding tert-OH is 1. The van der Waals surface area contributed by atoms with E-state index in [0.29, 0.717) is 76.5 Å². The third kappa shape index (κ3) is 7.72. The number of sulfone groups is 1. The number of hydrogen-bond donors (Lipinski definition) is 3. The third-order valence-corrected chi connectivity index (χ3v) is 13.6. The molecular weight excluding hydrogens is 655 g/mol. The lowest BCUT2D eigenvalue weighted by Crippen LogP contribution is -2.47. The second-order valence-electron chi connectivity index (χ2n) is 12.9. The van der Waals surface area contributed by atoms with Crippen molar-refractivity contribution in [2.75, 3.05) is 39.5 Å². The van der Waals surface area contributed by atoms with Crippen molar-refractivity contribution in [3.63, 3.8) is 0 Å². The van der Waals surface area contributed by atoms with E-state index >= 15 is 0 Å². The average molecular weight is 700 g/mol. The number of nitrogens with two attached hydrogens (primary N) is 1. The Labute approximate surface area is 283 Å². The van der Waals surface area contributed by atoms with Gasteiger partial charge in [-0.15, -0.1) is 0 Å². The summed E-state index contributed by atoms with van der Waals surface area (Å²) in [5, 5.41) is 13.6. The maximum absolute atomic E-state index is 14.0. The molecule has 3 aromatic carbocycles. The maximum Gasteiger partial charge on any atom is 0.246 e. The highest BCUT2D eigenvalue weighted by molar-refractivity contribution is 7.92. The van der Waals surface area contributed by atoms with Crippen LogP contribution < -0.4 is 20.5 Å². The molecule has 1 saturated carbocycles. The third-order valence-electron chi connectivity index (χ3n) is 9.41. The summed E-state index contributed by atoms with van der Waals surface area (Å²) in [5.74, 6) is 0.738. The molecule has 0 aromatic heterocycles. The molecule has 0 radical (unpaired) electrons. The number of aliphatic hydroxyl groups is 1. The van der Waals surface area contributed by atoms with Crippen molar-refractivity contribution in [2.24, 2.45) is 5.73 Å². The normalized spacial score (nSPS) is 20.5. The molecule has 6 rings (SSSR count). The van der Waals surface area contributed by atoms with Gasteiger partial charge in [0, 0.05) is 32.2 Å². The second-order valence-corrected chi connectivity index (χ2v) is 17.0. The number of nitrogens with zero attached hydrogens (tertiary/aromatic N) is 1. The number of hydrogen-bond acceptors (Lipinski definition) is 10. The van der Waals surface area contributed by atoms with Crippen molar-refractivity contribution in [1.29, 1.82) is 0 Å². The Bertz CT molecular complexity index is 1790. The molecule has 13 heteroatoms. The fraction of sp³-hybridized carbons (Fsp3) is 0.486. The first-order chi connectivity index (χ1) is 23.0. The summed E-state index contributed by atoms with van der Waals surface area (Å²) in [6, 6.07) is 19.5. The minimum Gasteiger partial charge on any atom is -0.492 e. The molecule has 0 bridgehead atoms. The Balaban J connectivity index is 1.02. The molecule has 3 aromatic rings. The van der Waals surface area contributed by atoms with Crippen LogP contribution in [-0.2, 0) is 31.1 Å². The van der Waals surface area contributed by atoms with Gasteiger partial charge in [-0.05, 0) is 86.1 Å². The first kappa shape index (κ1) is 34.8. The Hall–Kier alpha value is -3.04. The Kier molecular flexibility index (Phi) is 10.5. The standard InChI is InChI=1S/C35H45N3O8S2/c1-2-44-33-13-10-27(26-8-6-25(21-36)7-9-26)18-34(33)48(42,43)38-16-14-35(15-17-38)20-28(23-46-35)37-22-29(39)24-45-30-4-3-5-32(19-30)47(40,41)31-11-12-31/h3-10,13,18-19,28-29,31,37,39H,2,11-12,14-17,20-24,36H2,1H3. The largest absolute Gasteiger partial charge is 0.492 e. The van der Waals surface area contributed by atoms with Gasteiger partial charge in [-0.1, -0.05) is 36.4 Å². The Morgan fingerprint density at radius 2 is 1.73 bits per heavy atom. The van der Waals surface area contributed by atoms with Crippen LogP contribution in [-0.4, -0.2) is 88.7 Å². The van der Waals surface area contributed by atoms with Gasteiger partial charge in [-0.25, -0.2) is 16.8 Å². The van der Waals surface area contributed by atoms with Crippen molar-refractivity contribution in [1.82, 2.24) is 9.62 Å². The lowest BCUT2D eigenvalue weighted by atomic mass is 9.88. The van der Waals surface area contributed by atoms with Crippen LogP contribution >= 0.6 is 0 Å². The molecule has 1 spiro atoms. The number of benzene rings is 3. The number of ether oxygens (including phenoxy) is 3. The summed E-state index contributed by atoms with van der Waals surface area (Å²) in [6.45, 7) is 4.00. The summed E-state index contributed by atoms with van der Waals surface area (Å²) in [6.07, 6.45) is 2.38. The fourth-order valence-electron chi connectivity index (χ4n) is 6.46. The van der Waals surface area contributed by atoms with E-state index in [0.717, 1.165) is 16.7 Å². The van der Waals surface area contributed by atoms with Crippen LogP contribution in [0.15, 0.2) is 76.5 Å². The highest BCUT2D eigenvalue weighted by atomic mass is 32.2. The zero-order valence-electron chi connectivity index (χ0n) is 27.2. The van der Waals surface area contributed by atoms with E-state index in [-0.39, 0.29) is 34.2 Å². The van der Waals surface area contributed by atoms with Crippen molar-refractivity contribution < 1.29 is 36.2 Å². The molecule has 2 aliphatic heterocycles. The molecule has 2 atom stereocenters. The Morgan fingerprint density at radius 1 is 1.00 bits per heavy atom. The first-order valence-corrected chi connectivity index (χ1v) is 19.6. The Morgan fingerprint density at radius 3 is 2.42 bits per heavy atom. The van der Waals surface area contributed by atoms with Gasteiger partial charge < -0.3 is 30.4 Å². The number of rotatable bonds is 14. The molecular formula is C35H45N3O8S2. The lowest BCUT2D eigenvalue weighted by Gasteiger charge is -2.38. The highest BCUT2D eigenvalue weighted by Gasteiger charge is 2.45. The average Bonchev–Trinajstić information content (AvgIpc) is 3.90. The van der Waals surface area contributed by atoms with Crippen molar-refractivity contribution >= 4 is 19.9 Å². The first-order valence-electron chi connectivity index (χ1n) is 16.6. The smallest absolute Gasteiger partial charge is 0.246 e. The summed E-state index contributed by atoms with van der Waals surface area (Å²) >= 11 is 0. The monoisotopic (exact) mass is 699 g/mol. The van der Waals surface area contributed by atoms with E-state index in [2.05, 4.69) is 5.32 Å². The van der Waals surface area contributed by atoms with Crippen LogP contribution in [0, 0.1) is 0 Å². The quantitative estimate of drug-likeness (QED) is 0.228. The van der Waals surface area contributed by atoms with Crippen LogP contribution in [0.1, 0.15) is 44.6 Å². The molecule has 3 fully saturated rings. The summed E-state index contributed by atoms with van der Waals surface area (Å²) in [4.78, 5) is 0.402. The molecule has 11 nitrogen and oxygen atoms in total. The molecule has 3 aliphatic rings. The van der Waals surface area contributed by atoms with E-state index in [4.69, 9.17) is 19.9 Å². The van der Waals surface area contributed by atoms with Crippen LogP contribution in [0.2, 0.25) is 0 Å².